The van der Waals surface area contributed by atoms with Crippen LogP contribution in [0.3, 0.4) is 0 Å². The average Bonchev–Trinajstić information content (AvgIpc) is 2.80. The third-order valence-corrected chi connectivity index (χ3v) is 3.77. The molecule has 108 valence electrons. The van der Waals surface area contributed by atoms with Gasteiger partial charge < -0.3 is 4.74 Å². The molecule has 9 heteroatoms. The van der Waals surface area contributed by atoms with Gasteiger partial charge >= 0.3 is 0 Å². The van der Waals surface area contributed by atoms with Crippen LogP contribution in [-0.2, 0) is 26.8 Å². The smallest absolute Gasteiger partial charge is 0.296 e. The summed E-state index contributed by atoms with van der Waals surface area (Å²) in [6.45, 7) is 0.637. The minimum Gasteiger partial charge on any atom is -0.383 e. The van der Waals surface area contributed by atoms with E-state index in [0.29, 0.717) is 25.4 Å². The Morgan fingerprint density at radius 1 is 1.40 bits per heavy atom. The van der Waals surface area contributed by atoms with Gasteiger partial charge in [0.15, 0.2) is 0 Å². The van der Waals surface area contributed by atoms with Crippen molar-refractivity contribution in [2.24, 2.45) is 0 Å². The lowest BCUT2D eigenvalue weighted by molar-refractivity contribution is 0.183. The first-order valence-corrected chi connectivity index (χ1v) is 8.08. The molecule has 20 heavy (non-hydrogen) atoms. The molecule has 2 heterocycles. The number of pyridine rings is 1. The zero-order valence-corrected chi connectivity index (χ0v) is 12.3. The Hall–Kier alpha value is -1.51. The molecule has 0 aliphatic heterocycles. The lowest BCUT2D eigenvalue weighted by Gasteiger charge is -2.08. The van der Waals surface area contributed by atoms with Gasteiger partial charge in [-0.1, -0.05) is 6.07 Å². The van der Waals surface area contributed by atoms with Crippen molar-refractivity contribution in [2.75, 3.05) is 13.7 Å². The van der Waals surface area contributed by atoms with Gasteiger partial charge in [-0.3, -0.25) is 9.55 Å². The lowest BCUT2D eigenvalue weighted by atomic mass is 10.2. The van der Waals surface area contributed by atoms with Crippen LogP contribution >= 0.6 is 10.7 Å². The Bertz CT molecular complexity index is 672. The van der Waals surface area contributed by atoms with Crippen molar-refractivity contribution < 1.29 is 13.2 Å². The van der Waals surface area contributed by atoms with Gasteiger partial charge in [-0.25, -0.2) is 8.42 Å². The highest BCUT2D eigenvalue weighted by Crippen LogP contribution is 2.16. The summed E-state index contributed by atoms with van der Waals surface area (Å²) in [6, 6.07) is 3.67. The van der Waals surface area contributed by atoms with E-state index in [1.54, 1.807) is 18.5 Å². The summed E-state index contributed by atoms with van der Waals surface area (Å²) in [7, 11) is 2.94. The molecule has 0 unspecified atom stereocenters. The van der Waals surface area contributed by atoms with Gasteiger partial charge in [-0.2, -0.15) is 0 Å². The largest absolute Gasteiger partial charge is 0.383 e. The van der Waals surface area contributed by atoms with Crippen LogP contribution in [0.4, 0.5) is 0 Å². The topological polar surface area (TPSA) is 87.0 Å². The summed E-state index contributed by atoms with van der Waals surface area (Å²) < 4.78 is 29.3. The van der Waals surface area contributed by atoms with Crippen LogP contribution in [0.5, 0.6) is 0 Å². The number of aromatic nitrogens is 4. The molecule has 0 radical (unpaired) electrons. The second-order valence-electron chi connectivity index (χ2n) is 4.02. The van der Waals surface area contributed by atoms with E-state index < -0.39 is 9.05 Å². The highest BCUT2D eigenvalue weighted by molar-refractivity contribution is 8.13. The Morgan fingerprint density at radius 3 is 2.80 bits per heavy atom. The van der Waals surface area contributed by atoms with E-state index in [4.69, 9.17) is 15.4 Å². The van der Waals surface area contributed by atoms with Gasteiger partial charge in [0.05, 0.1) is 6.61 Å². The molecule has 0 saturated carbocycles. The molecular formula is C11H13ClN4O3S. The van der Waals surface area contributed by atoms with Crippen molar-refractivity contribution in [1.29, 1.82) is 0 Å². The van der Waals surface area contributed by atoms with E-state index >= 15 is 0 Å². The molecule has 0 atom stereocenters. The van der Waals surface area contributed by atoms with E-state index in [1.807, 2.05) is 6.07 Å². The van der Waals surface area contributed by atoms with Gasteiger partial charge in [0.1, 0.15) is 5.82 Å². The number of nitrogens with zero attached hydrogens (tertiary/aromatic N) is 4. The minimum atomic E-state index is -3.94. The van der Waals surface area contributed by atoms with Gasteiger partial charge in [-0.05, 0) is 11.6 Å². The number of methoxy groups -OCH3 is 1. The van der Waals surface area contributed by atoms with Crippen LogP contribution in [0.25, 0.3) is 0 Å². The van der Waals surface area contributed by atoms with E-state index in [1.165, 1.54) is 11.7 Å². The first-order chi connectivity index (χ1) is 9.52. The normalized spacial score (nSPS) is 11.7. The Balaban J connectivity index is 2.35. The van der Waals surface area contributed by atoms with Crippen LogP contribution in [0.15, 0.2) is 29.7 Å². The Kier molecular flexibility index (Phi) is 4.69. The highest BCUT2D eigenvalue weighted by atomic mass is 35.7. The fraction of sp³-hybridized carbons (Fsp3) is 0.364. The second kappa shape index (κ2) is 6.29. The Morgan fingerprint density at radius 2 is 2.20 bits per heavy atom. The lowest BCUT2D eigenvalue weighted by Crippen LogP contribution is -2.13. The molecule has 0 amide bonds. The third kappa shape index (κ3) is 3.53. The summed E-state index contributed by atoms with van der Waals surface area (Å²) >= 11 is 0. The van der Waals surface area contributed by atoms with E-state index in [9.17, 15) is 8.42 Å². The maximum absolute atomic E-state index is 11.5. The van der Waals surface area contributed by atoms with Crippen LogP contribution in [0.1, 0.15) is 11.4 Å². The monoisotopic (exact) mass is 316 g/mol. The number of hydrogen-bond acceptors (Lipinski definition) is 6. The molecule has 7 nitrogen and oxygen atoms in total. The second-order valence-corrected chi connectivity index (χ2v) is 6.48. The van der Waals surface area contributed by atoms with Crippen molar-refractivity contribution in [1.82, 2.24) is 19.7 Å². The SMILES string of the molecule is COCCn1c(Cc2cccnc2)nnc1S(=O)(=O)Cl. The first-order valence-electron chi connectivity index (χ1n) is 5.77. The summed E-state index contributed by atoms with van der Waals surface area (Å²) in [6.07, 6.45) is 3.76. The fourth-order valence-electron chi connectivity index (χ4n) is 1.72. The molecule has 0 aliphatic rings. The number of ether oxygens (including phenoxy) is 1. The van der Waals surface area contributed by atoms with Crippen LogP contribution in [-0.4, -0.2) is 41.9 Å². The molecular weight excluding hydrogens is 304 g/mol. The predicted octanol–water partition coefficient (Wildman–Crippen LogP) is 0.838. The van der Waals surface area contributed by atoms with Crippen LogP contribution in [0.2, 0.25) is 0 Å². The zero-order chi connectivity index (χ0) is 14.6. The minimum absolute atomic E-state index is 0.268. The van der Waals surface area contributed by atoms with Crippen molar-refractivity contribution >= 4 is 19.7 Å². The fourth-order valence-corrected chi connectivity index (χ4v) is 2.66. The van der Waals surface area contributed by atoms with Crippen molar-refractivity contribution in [3.63, 3.8) is 0 Å². The molecule has 2 aromatic heterocycles. The van der Waals surface area contributed by atoms with E-state index in [-0.39, 0.29) is 5.16 Å². The Labute approximate surface area is 121 Å². The van der Waals surface area contributed by atoms with Crippen molar-refractivity contribution in [3.8, 4) is 0 Å². The van der Waals surface area contributed by atoms with Crippen molar-refractivity contribution in [2.45, 2.75) is 18.1 Å². The molecule has 2 rings (SSSR count). The summed E-state index contributed by atoms with van der Waals surface area (Å²) in [5.74, 6) is 0.495. The number of rotatable bonds is 6. The molecule has 0 aromatic carbocycles. The molecule has 0 fully saturated rings. The maximum atomic E-state index is 11.5. The number of hydrogen-bond donors (Lipinski definition) is 0. The quantitative estimate of drug-likeness (QED) is 0.734. The van der Waals surface area contributed by atoms with Gasteiger partial charge in [0.2, 0.25) is 0 Å². The number of halogens is 1. The molecule has 0 bridgehead atoms. The molecule has 2 aromatic rings. The molecule has 0 spiro atoms. The van der Waals surface area contributed by atoms with Crippen LogP contribution in [0, 0.1) is 0 Å². The molecule has 0 N–H and O–H groups in total. The summed E-state index contributed by atoms with van der Waals surface area (Å²) in [5.41, 5.74) is 0.900. The predicted molar refractivity (Wildman–Crippen MR) is 72.0 cm³/mol. The van der Waals surface area contributed by atoms with Gasteiger partial charge in [0, 0.05) is 43.2 Å². The van der Waals surface area contributed by atoms with Gasteiger partial charge in [0.25, 0.3) is 14.2 Å². The van der Waals surface area contributed by atoms with Crippen molar-refractivity contribution in [3.05, 3.63) is 35.9 Å². The standard InChI is InChI=1S/C11H13ClN4O3S/c1-19-6-5-16-10(7-9-3-2-4-13-8-9)14-15-11(16)20(12,17)18/h2-4,8H,5-7H2,1H3. The summed E-state index contributed by atoms with van der Waals surface area (Å²) in [4.78, 5) is 4.00. The summed E-state index contributed by atoms with van der Waals surface area (Å²) in [5, 5.41) is 7.28. The van der Waals surface area contributed by atoms with Gasteiger partial charge in [-0.15, -0.1) is 10.2 Å². The van der Waals surface area contributed by atoms with E-state index in [0.717, 1.165) is 5.56 Å². The molecule has 0 aliphatic carbocycles. The third-order valence-electron chi connectivity index (χ3n) is 2.62. The first kappa shape index (κ1) is 14.9. The average molecular weight is 317 g/mol. The maximum Gasteiger partial charge on any atom is 0.296 e. The van der Waals surface area contributed by atoms with Crippen LogP contribution < -0.4 is 0 Å². The van der Waals surface area contributed by atoms with E-state index in [2.05, 4.69) is 15.2 Å². The molecule has 0 saturated heterocycles. The highest BCUT2D eigenvalue weighted by Gasteiger charge is 2.22. The zero-order valence-electron chi connectivity index (χ0n) is 10.7.